The van der Waals surface area contributed by atoms with E-state index in [1.807, 2.05) is 55.5 Å². The van der Waals surface area contributed by atoms with Crippen molar-refractivity contribution >= 4 is 40.3 Å². The van der Waals surface area contributed by atoms with Gasteiger partial charge in [-0.05, 0) is 58.9 Å². The van der Waals surface area contributed by atoms with Gasteiger partial charge in [-0.3, -0.25) is 4.79 Å². The number of aryl methyl sites for hydroxylation is 1. The van der Waals surface area contributed by atoms with E-state index in [4.69, 9.17) is 0 Å². The van der Waals surface area contributed by atoms with Gasteiger partial charge in [-0.1, -0.05) is 36.4 Å². The molecule has 0 unspecified atom stereocenters. The number of benzene rings is 2. The van der Waals surface area contributed by atoms with Crippen molar-refractivity contribution in [3.8, 4) is 0 Å². The Morgan fingerprint density at radius 3 is 2.50 bits per heavy atom. The molecule has 0 fully saturated rings. The number of hydrogen-bond acceptors (Lipinski definition) is 1. The van der Waals surface area contributed by atoms with Crippen LogP contribution in [0.25, 0.3) is 6.08 Å². The van der Waals surface area contributed by atoms with E-state index in [-0.39, 0.29) is 5.91 Å². The molecule has 2 aromatic rings. The number of nitrogens with zero attached hydrogens (tertiary/aromatic N) is 1. The van der Waals surface area contributed by atoms with Gasteiger partial charge in [0.2, 0.25) is 0 Å². The Morgan fingerprint density at radius 1 is 1.15 bits per heavy atom. The fourth-order valence-electron chi connectivity index (χ4n) is 1.85. The fourth-order valence-corrected chi connectivity index (χ4v) is 2.88. The molecule has 0 saturated heterocycles. The first-order valence-corrected chi connectivity index (χ1v) is 7.43. The summed E-state index contributed by atoms with van der Waals surface area (Å²) in [6.07, 6.45) is 3.44. The average Bonchev–Trinajstić information content (AvgIpc) is 2.45. The highest BCUT2D eigenvalue weighted by atomic mass is 127. The zero-order valence-corrected chi connectivity index (χ0v) is 13.7. The Hall–Kier alpha value is -1.62. The second-order valence-electron chi connectivity index (χ2n) is 4.60. The monoisotopic (exact) mass is 377 g/mol. The van der Waals surface area contributed by atoms with Gasteiger partial charge in [0.15, 0.2) is 0 Å². The number of amides is 1. The van der Waals surface area contributed by atoms with Gasteiger partial charge in [0.25, 0.3) is 5.91 Å². The van der Waals surface area contributed by atoms with E-state index in [9.17, 15) is 4.79 Å². The highest BCUT2D eigenvalue weighted by Crippen LogP contribution is 2.23. The van der Waals surface area contributed by atoms with Gasteiger partial charge in [0, 0.05) is 16.7 Å². The van der Waals surface area contributed by atoms with E-state index < -0.39 is 0 Å². The van der Waals surface area contributed by atoms with Crippen LogP contribution < -0.4 is 4.90 Å². The highest BCUT2D eigenvalue weighted by Gasteiger charge is 2.10. The van der Waals surface area contributed by atoms with Crippen LogP contribution in [0.5, 0.6) is 0 Å². The third-order valence-corrected chi connectivity index (χ3v) is 3.88. The molecule has 2 nitrogen and oxygen atoms in total. The van der Waals surface area contributed by atoms with Gasteiger partial charge in [-0.25, -0.2) is 0 Å². The molecule has 0 aliphatic carbocycles. The molecule has 0 aliphatic rings. The van der Waals surface area contributed by atoms with Gasteiger partial charge in [-0.2, -0.15) is 0 Å². The lowest BCUT2D eigenvalue weighted by Gasteiger charge is -2.17. The maximum atomic E-state index is 12.2. The maximum absolute atomic E-state index is 12.2. The Labute approximate surface area is 133 Å². The van der Waals surface area contributed by atoms with Crippen molar-refractivity contribution in [1.29, 1.82) is 0 Å². The van der Waals surface area contributed by atoms with E-state index in [0.717, 1.165) is 14.8 Å². The van der Waals surface area contributed by atoms with Crippen molar-refractivity contribution in [2.45, 2.75) is 6.92 Å². The minimum absolute atomic E-state index is 0.0318. The van der Waals surface area contributed by atoms with Gasteiger partial charge in [0.1, 0.15) is 0 Å². The molecule has 0 N–H and O–H groups in total. The standard InChI is InChI=1S/C17H16INO/c1-13-8-10-16(15(18)12-13)19(2)17(20)11-9-14-6-4-3-5-7-14/h3-12H,1-2H3/b11-9+. The van der Waals surface area contributed by atoms with E-state index in [1.165, 1.54) is 5.56 Å². The molecule has 0 aromatic heterocycles. The predicted molar refractivity (Wildman–Crippen MR) is 92.8 cm³/mol. The topological polar surface area (TPSA) is 20.3 Å². The SMILES string of the molecule is Cc1ccc(N(C)C(=O)/C=C/c2ccccc2)c(I)c1. The first-order valence-electron chi connectivity index (χ1n) is 6.35. The summed E-state index contributed by atoms with van der Waals surface area (Å²) in [5.74, 6) is -0.0318. The molecule has 0 heterocycles. The zero-order chi connectivity index (χ0) is 14.5. The van der Waals surface area contributed by atoms with Crippen LogP contribution in [0, 0.1) is 10.5 Å². The summed E-state index contributed by atoms with van der Waals surface area (Å²) >= 11 is 2.26. The van der Waals surface area contributed by atoms with Crippen molar-refractivity contribution in [2.24, 2.45) is 0 Å². The third-order valence-electron chi connectivity index (χ3n) is 3.01. The number of rotatable bonds is 3. The Kier molecular flexibility index (Phi) is 4.95. The first kappa shape index (κ1) is 14.8. The van der Waals surface area contributed by atoms with E-state index in [2.05, 4.69) is 28.7 Å². The third kappa shape index (κ3) is 3.70. The average molecular weight is 377 g/mol. The van der Waals surface area contributed by atoms with Crippen molar-refractivity contribution < 1.29 is 4.79 Å². The molecular formula is C17H16INO. The molecule has 0 saturated carbocycles. The van der Waals surface area contributed by atoms with Gasteiger partial charge in [-0.15, -0.1) is 0 Å². The largest absolute Gasteiger partial charge is 0.311 e. The first-order chi connectivity index (χ1) is 9.58. The van der Waals surface area contributed by atoms with Gasteiger partial charge in [0.05, 0.1) is 5.69 Å². The molecule has 2 rings (SSSR count). The second kappa shape index (κ2) is 6.70. The summed E-state index contributed by atoms with van der Waals surface area (Å²) < 4.78 is 1.08. The lowest BCUT2D eigenvalue weighted by Crippen LogP contribution is -2.24. The van der Waals surface area contributed by atoms with Crippen LogP contribution >= 0.6 is 22.6 Å². The van der Waals surface area contributed by atoms with Crippen LogP contribution in [-0.4, -0.2) is 13.0 Å². The predicted octanol–water partition coefficient (Wildman–Crippen LogP) is 4.28. The number of likely N-dealkylation sites (N-methyl/N-ethyl adjacent to an activating group) is 1. The van der Waals surface area contributed by atoms with Gasteiger partial charge >= 0.3 is 0 Å². The summed E-state index contributed by atoms with van der Waals surface area (Å²) in [5.41, 5.74) is 3.14. The molecule has 2 aromatic carbocycles. The normalized spacial score (nSPS) is 10.8. The van der Waals surface area contributed by atoms with Crippen molar-refractivity contribution in [2.75, 3.05) is 11.9 Å². The summed E-state index contributed by atoms with van der Waals surface area (Å²) in [7, 11) is 1.80. The van der Waals surface area contributed by atoms with Crippen LogP contribution in [0.2, 0.25) is 0 Å². The molecule has 0 spiro atoms. The Morgan fingerprint density at radius 2 is 1.85 bits per heavy atom. The molecule has 1 amide bonds. The Balaban J connectivity index is 2.15. The molecule has 102 valence electrons. The minimum atomic E-state index is -0.0318. The van der Waals surface area contributed by atoms with Crippen LogP contribution in [0.15, 0.2) is 54.6 Å². The van der Waals surface area contributed by atoms with Crippen molar-refractivity contribution in [3.05, 3.63) is 69.3 Å². The molecule has 0 radical (unpaired) electrons. The lowest BCUT2D eigenvalue weighted by atomic mass is 10.2. The molecule has 0 bridgehead atoms. The second-order valence-corrected chi connectivity index (χ2v) is 5.76. The molecule has 0 aliphatic heterocycles. The fraction of sp³-hybridized carbons (Fsp3) is 0.118. The Bertz CT molecular complexity index is 635. The van der Waals surface area contributed by atoms with Crippen molar-refractivity contribution in [3.63, 3.8) is 0 Å². The van der Waals surface area contributed by atoms with E-state index >= 15 is 0 Å². The summed E-state index contributed by atoms with van der Waals surface area (Å²) in [6.45, 7) is 2.04. The smallest absolute Gasteiger partial charge is 0.250 e. The molecular weight excluding hydrogens is 361 g/mol. The minimum Gasteiger partial charge on any atom is -0.311 e. The highest BCUT2D eigenvalue weighted by molar-refractivity contribution is 14.1. The zero-order valence-electron chi connectivity index (χ0n) is 11.5. The summed E-state index contributed by atoms with van der Waals surface area (Å²) in [5, 5.41) is 0. The summed E-state index contributed by atoms with van der Waals surface area (Å²) in [6, 6.07) is 15.9. The number of carbonyl (C=O) groups excluding carboxylic acids is 1. The van der Waals surface area contributed by atoms with Crippen LogP contribution in [0.1, 0.15) is 11.1 Å². The van der Waals surface area contributed by atoms with E-state index in [1.54, 1.807) is 18.0 Å². The van der Waals surface area contributed by atoms with Crippen LogP contribution in [0.3, 0.4) is 0 Å². The van der Waals surface area contributed by atoms with Crippen LogP contribution in [-0.2, 0) is 4.79 Å². The van der Waals surface area contributed by atoms with Gasteiger partial charge < -0.3 is 4.90 Å². The molecule has 20 heavy (non-hydrogen) atoms. The number of anilines is 1. The number of halogens is 1. The summed E-state index contributed by atoms with van der Waals surface area (Å²) in [4.78, 5) is 13.9. The molecule has 0 atom stereocenters. The van der Waals surface area contributed by atoms with E-state index in [0.29, 0.717) is 0 Å². The quantitative estimate of drug-likeness (QED) is 0.578. The molecule has 3 heteroatoms. The number of hydrogen-bond donors (Lipinski definition) is 0. The van der Waals surface area contributed by atoms with Crippen LogP contribution in [0.4, 0.5) is 5.69 Å². The van der Waals surface area contributed by atoms with Crippen molar-refractivity contribution in [1.82, 2.24) is 0 Å². The maximum Gasteiger partial charge on any atom is 0.250 e. The lowest BCUT2D eigenvalue weighted by molar-refractivity contribution is -0.113. The number of carbonyl (C=O) groups is 1.